The molecule has 17 heavy (non-hydrogen) atoms. The first-order valence-corrected chi connectivity index (χ1v) is 5.33. The van der Waals surface area contributed by atoms with E-state index in [0.717, 1.165) is 5.56 Å². The van der Waals surface area contributed by atoms with Crippen molar-refractivity contribution in [2.45, 2.75) is 6.92 Å². The molecule has 2 nitrogen and oxygen atoms in total. The Morgan fingerprint density at radius 3 is 2.71 bits per heavy atom. The molecule has 0 radical (unpaired) electrons. The summed E-state index contributed by atoms with van der Waals surface area (Å²) in [7, 11) is 0. The Morgan fingerprint density at radius 1 is 1.35 bits per heavy atom. The van der Waals surface area contributed by atoms with Gasteiger partial charge in [0.15, 0.2) is 0 Å². The van der Waals surface area contributed by atoms with Gasteiger partial charge < -0.3 is 0 Å². The van der Waals surface area contributed by atoms with Gasteiger partial charge in [0.1, 0.15) is 17.0 Å². The molecule has 2 rings (SSSR count). The predicted octanol–water partition coefficient (Wildman–Crippen LogP) is 3.72. The molecule has 0 fully saturated rings. The SMILES string of the molecule is Cc1cnc(Cl)c(C#N)c1-c1ccccc1F. The zero-order valence-electron chi connectivity index (χ0n) is 9.04. The molecule has 4 heteroatoms. The molecule has 84 valence electrons. The van der Waals surface area contributed by atoms with Crippen LogP contribution in [0, 0.1) is 24.1 Å². The standard InChI is InChI=1S/C13H8ClFN2/c1-8-7-17-13(14)10(6-16)12(8)9-4-2-3-5-11(9)15/h2-5,7H,1H3. The molecule has 0 spiro atoms. The second kappa shape index (κ2) is 4.52. The van der Waals surface area contributed by atoms with Crippen LogP contribution in [0.15, 0.2) is 30.5 Å². The Bertz CT molecular complexity index is 617. The second-order valence-electron chi connectivity index (χ2n) is 3.57. The van der Waals surface area contributed by atoms with Crippen molar-refractivity contribution in [3.05, 3.63) is 52.6 Å². The topological polar surface area (TPSA) is 36.7 Å². The van der Waals surface area contributed by atoms with E-state index < -0.39 is 0 Å². The Kier molecular flexibility index (Phi) is 3.08. The summed E-state index contributed by atoms with van der Waals surface area (Å²) < 4.78 is 13.7. The van der Waals surface area contributed by atoms with Crippen LogP contribution in [0.25, 0.3) is 11.1 Å². The van der Waals surface area contributed by atoms with Gasteiger partial charge in [0.2, 0.25) is 0 Å². The third kappa shape index (κ3) is 2.00. The van der Waals surface area contributed by atoms with Crippen molar-refractivity contribution >= 4 is 11.6 Å². The van der Waals surface area contributed by atoms with E-state index in [4.69, 9.17) is 16.9 Å². The van der Waals surface area contributed by atoms with Crippen LogP contribution in [0.1, 0.15) is 11.1 Å². The molecule has 0 atom stereocenters. The van der Waals surface area contributed by atoms with Gasteiger partial charge in [-0.2, -0.15) is 5.26 Å². The van der Waals surface area contributed by atoms with Crippen LogP contribution in [0.4, 0.5) is 4.39 Å². The van der Waals surface area contributed by atoms with Gasteiger partial charge in [-0.1, -0.05) is 29.8 Å². The molecular formula is C13H8ClFN2. The highest BCUT2D eigenvalue weighted by Crippen LogP contribution is 2.31. The minimum atomic E-state index is -0.380. The highest BCUT2D eigenvalue weighted by atomic mass is 35.5. The van der Waals surface area contributed by atoms with Gasteiger partial charge in [0.05, 0.1) is 5.56 Å². The lowest BCUT2D eigenvalue weighted by atomic mass is 9.97. The van der Waals surface area contributed by atoms with Crippen LogP contribution >= 0.6 is 11.6 Å². The third-order valence-electron chi connectivity index (χ3n) is 2.48. The molecule has 1 aromatic heterocycles. The molecule has 0 N–H and O–H groups in total. The van der Waals surface area contributed by atoms with E-state index >= 15 is 0 Å². The Balaban J connectivity index is 2.81. The summed E-state index contributed by atoms with van der Waals surface area (Å²) in [5.41, 5.74) is 1.80. The molecule has 2 aromatic rings. The fraction of sp³-hybridized carbons (Fsp3) is 0.0769. The average Bonchev–Trinajstić information content (AvgIpc) is 2.33. The van der Waals surface area contributed by atoms with Gasteiger partial charge in [-0.25, -0.2) is 9.37 Å². The van der Waals surface area contributed by atoms with Crippen molar-refractivity contribution in [3.63, 3.8) is 0 Å². The van der Waals surface area contributed by atoms with Gasteiger partial charge in [0, 0.05) is 17.3 Å². The molecule has 1 aromatic carbocycles. The number of aryl methyl sites for hydroxylation is 1. The van der Waals surface area contributed by atoms with E-state index in [2.05, 4.69) is 4.98 Å². The van der Waals surface area contributed by atoms with Crippen LogP contribution < -0.4 is 0 Å². The third-order valence-corrected chi connectivity index (χ3v) is 2.76. The smallest absolute Gasteiger partial charge is 0.147 e. The fourth-order valence-corrected chi connectivity index (χ4v) is 1.88. The van der Waals surface area contributed by atoms with Crippen LogP contribution in [0.5, 0.6) is 0 Å². The summed E-state index contributed by atoms with van der Waals surface area (Å²) in [6.07, 6.45) is 1.53. The van der Waals surface area contributed by atoms with Crippen LogP contribution in [0.2, 0.25) is 5.15 Å². The Morgan fingerprint density at radius 2 is 2.06 bits per heavy atom. The van der Waals surface area contributed by atoms with E-state index in [1.54, 1.807) is 25.1 Å². The molecule has 0 bridgehead atoms. The van der Waals surface area contributed by atoms with E-state index in [0.29, 0.717) is 11.1 Å². The molecule has 0 amide bonds. The number of hydrogen-bond donors (Lipinski definition) is 0. The number of pyridine rings is 1. The van der Waals surface area contributed by atoms with Crippen LogP contribution in [-0.4, -0.2) is 4.98 Å². The number of benzene rings is 1. The molecule has 0 aliphatic carbocycles. The molecule has 0 unspecified atom stereocenters. The maximum atomic E-state index is 13.7. The largest absolute Gasteiger partial charge is 0.243 e. The monoisotopic (exact) mass is 246 g/mol. The normalized spacial score (nSPS) is 10.0. The van der Waals surface area contributed by atoms with E-state index in [1.165, 1.54) is 12.3 Å². The lowest BCUT2D eigenvalue weighted by Gasteiger charge is -2.09. The fourth-order valence-electron chi connectivity index (χ4n) is 1.70. The van der Waals surface area contributed by atoms with Crippen molar-refractivity contribution in [1.82, 2.24) is 4.98 Å². The quantitative estimate of drug-likeness (QED) is 0.719. The highest BCUT2D eigenvalue weighted by molar-refractivity contribution is 6.31. The molecule has 0 aliphatic heterocycles. The van der Waals surface area contributed by atoms with Crippen molar-refractivity contribution in [1.29, 1.82) is 5.26 Å². The zero-order valence-corrected chi connectivity index (χ0v) is 9.79. The molecular weight excluding hydrogens is 239 g/mol. The molecule has 1 heterocycles. The van der Waals surface area contributed by atoms with E-state index in [1.807, 2.05) is 6.07 Å². The number of hydrogen-bond acceptors (Lipinski definition) is 2. The maximum absolute atomic E-state index is 13.7. The number of nitriles is 1. The van der Waals surface area contributed by atoms with Gasteiger partial charge in [-0.05, 0) is 18.6 Å². The molecule has 0 saturated heterocycles. The van der Waals surface area contributed by atoms with Gasteiger partial charge >= 0.3 is 0 Å². The minimum absolute atomic E-state index is 0.0938. The summed E-state index contributed by atoms with van der Waals surface area (Å²) in [5.74, 6) is -0.380. The van der Waals surface area contributed by atoms with Gasteiger partial charge in [0.25, 0.3) is 0 Å². The van der Waals surface area contributed by atoms with E-state index in [9.17, 15) is 4.39 Å². The summed E-state index contributed by atoms with van der Waals surface area (Å²) >= 11 is 5.85. The maximum Gasteiger partial charge on any atom is 0.147 e. The number of aromatic nitrogens is 1. The van der Waals surface area contributed by atoms with Crippen LogP contribution in [0.3, 0.4) is 0 Å². The number of halogens is 2. The van der Waals surface area contributed by atoms with Crippen LogP contribution in [-0.2, 0) is 0 Å². The first-order chi connectivity index (χ1) is 8.15. The van der Waals surface area contributed by atoms with Crippen molar-refractivity contribution in [2.24, 2.45) is 0 Å². The Hall–Kier alpha value is -1.92. The summed E-state index contributed by atoms with van der Waals surface area (Å²) in [4.78, 5) is 3.89. The predicted molar refractivity (Wildman–Crippen MR) is 64.1 cm³/mol. The highest BCUT2D eigenvalue weighted by Gasteiger charge is 2.15. The second-order valence-corrected chi connectivity index (χ2v) is 3.93. The number of rotatable bonds is 1. The zero-order chi connectivity index (χ0) is 12.4. The van der Waals surface area contributed by atoms with Crippen molar-refractivity contribution in [2.75, 3.05) is 0 Å². The lowest BCUT2D eigenvalue weighted by Crippen LogP contribution is -1.95. The minimum Gasteiger partial charge on any atom is -0.243 e. The molecule has 0 aliphatic rings. The van der Waals surface area contributed by atoms with Crippen molar-refractivity contribution < 1.29 is 4.39 Å². The first kappa shape index (κ1) is 11.6. The Labute approximate surface area is 103 Å². The van der Waals surface area contributed by atoms with E-state index in [-0.39, 0.29) is 16.5 Å². The van der Waals surface area contributed by atoms with Gasteiger partial charge in [-0.15, -0.1) is 0 Å². The first-order valence-electron chi connectivity index (χ1n) is 4.95. The summed E-state index contributed by atoms with van der Waals surface area (Å²) in [6.45, 7) is 1.77. The lowest BCUT2D eigenvalue weighted by molar-refractivity contribution is 0.631. The number of nitrogens with zero attached hydrogens (tertiary/aromatic N) is 2. The average molecular weight is 247 g/mol. The van der Waals surface area contributed by atoms with Gasteiger partial charge in [-0.3, -0.25) is 0 Å². The summed E-state index contributed by atoms with van der Waals surface area (Å²) in [6, 6.07) is 8.26. The summed E-state index contributed by atoms with van der Waals surface area (Å²) in [5, 5.41) is 9.17. The van der Waals surface area contributed by atoms with Crippen molar-refractivity contribution in [3.8, 4) is 17.2 Å². The molecule has 0 saturated carbocycles.